The van der Waals surface area contributed by atoms with Crippen LogP contribution in [-0.2, 0) is 0 Å². The molecule has 0 saturated carbocycles. The number of nitrogens with two attached hydrogens (primary N) is 1. The van der Waals surface area contributed by atoms with E-state index in [2.05, 4.69) is 10.6 Å². The molecule has 0 aromatic carbocycles. The molecule has 3 heteroatoms. The van der Waals surface area contributed by atoms with Crippen LogP contribution in [0.2, 0.25) is 0 Å². The Bertz CT molecular complexity index is 74.4. The SMILES string of the molecule is CNC1CN[C@H](CN)C1. The lowest BCUT2D eigenvalue weighted by molar-refractivity contribution is 0.579. The van der Waals surface area contributed by atoms with Crippen LogP contribution in [0.3, 0.4) is 0 Å². The van der Waals surface area contributed by atoms with Crippen LogP contribution in [0.4, 0.5) is 0 Å². The Morgan fingerprint density at radius 1 is 1.78 bits per heavy atom. The normalized spacial score (nSPS) is 35.3. The maximum absolute atomic E-state index is 5.46. The highest BCUT2D eigenvalue weighted by Gasteiger charge is 2.20. The molecule has 2 atom stereocenters. The van der Waals surface area contributed by atoms with Gasteiger partial charge in [0.05, 0.1) is 0 Å². The first-order valence-electron chi connectivity index (χ1n) is 3.47. The summed E-state index contributed by atoms with van der Waals surface area (Å²) >= 11 is 0. The fourth-order valence-corrected chi connectivity index (χ4v) is 1.22. The van der Waals surface area contributed by atoms with Gasteiger partial charge in [0.15, 0.2) is 0 Å². The van der Waals surface area contributed by atoms with Crippen molar-refractivity contribution < 1.29 is 0 Å². The standard InChI is InChI=1S/C6H15N3/c1-8-6-2-5(3-7)9-4-6/h5-6,8-9H,2-4,7H2,1H3/t5-,6?/m0/s1. The molecule has 0 aromatic rings. The lowest BCUT2D eigenvalue weighted by atomic mass is 10.2. The molecule has 0 amide bonds. The van der Waals surface area contributed by atoms with E-state index in [4.69, 9.17) is 5.73 Å². The summed E-state index contributed by atoms with van der Waals surface area (Å²) in [6.45, 7) is 1.83. The number of hydrogen-bond donors (Lipinski definition) is 3. The molecule has 1 unspecified atom stereocenters. The molecule has 0 aromatic heterocycles. The van der Waals surface area contributed by atoms with Crippen LogP contribution in [0.5, 0.6) is 0 Å². The molecule has 54 valence electrons. The second-order valence-electron chi connectivity index (χ2n) is 2.56. The summed E-state index contributed by atoms with van der Waals surface area (Å²) in [7, 11) is 1.99. The van der Waals surface area contributed by atoms with Crippen molar-refractivity contribution in [1.82, 2.24) is 10.6 Å². The van der Waals surface area contributed by atoms with Gasteiger partial charge in [-0.15, -0.1) is 0 Å². The Balaban J connectivity index is 2.20. The molecule has 1 saturated heterocycles. The molecule has 0 aliphatic carbocycles. The summed E-state index contributed by atoms with van der Waals surface area (Å²) < 4.78 is 0. The molecule has 1 rings (SSSR count). The van der Waals surface area contributed by atoms with Gasteiger partial charge in [-0.2, -0.15) is 0 Å². The molecule has 1 aliphatic heterocycles. The zero-order valence-corrected chi connectivity index (χ0v) is 5.85. The van der Waals surface area contributed by atoms with Gasteiger partial charge in [0.25, 0.3) is 0 Å². The van der Waals surface area contributed by atoms with E-state index >= 15 is 0 Å². The van der Waals surface area contributed by atoms with Crippen molar-refractivity contribution in [2.24, 2.45) is 5.73 Å². The van der Waals surface area contributed by atoms with Gasteiger partial charge in [0.1, 0.15) is 0 Å². The molecular weight excluding hydrogens is 114 g/mol. The van der Waals surface area contributed by atoms with Crippen LogP contribution in [0.1, 0.15) is 6.42 Å². The summed E-state index contributed by atoms with van der Waals surface area (Å²) in [5, 5.41) is 6.53. The van der Waals surface area contributed by atoms with Gasteiger partial charge in [0.2, 0.25) is 0 Å². The van der Waals surface area contributed by atoms with E-state index < -0.39 is 0 Å². The van der Waals surface area contributed by atoms with Crippen molar-refractivity contribution in [3.8, 4) is 0 Å². The molecule has 1 heterocycles. The Morgan fingerprint density at radius 3 is 2.89 bits per heavy atom. The van der Waals surface area contributed by atoms with Gasteiger partial charge in [-0.25, -0.2) is 0 Å². The summed E-state index contributed by atoms with van der Waals surface area (Å²) in [4.78, 5) is 0. The number of likely N-dealkylation sites (N-methyl/N-ethyl adjacent to an activating group) is 1. The zero-order valence-electron chi connectivity index (χ0n) is 5.85. The summed E-state index contributed by atoms with van der Waals surface area (Å²) in [5.41, 5.74) is 5.46. The summed E-state index contributed by atoms with van der Waals surface area (Å²) in [6.07, 6.45) is 1.17. The average molecular weight is 129 g/mol. The van der Waals surface area contributed by atoms with Crippen LogP contribution in [-0.4, -0.2) is 32.2 Å². The van der Waals surface area contributed by atoms with Gasteiger partial charge in [-0.3, -0.25) is 0 Å². The van der Waals surface area contributed by atoms with Crippen LogP contribution in [0, 0.1) is 0 Å². The van der Waals surface area contributed by atoms with Gasteiger partial charge in [0, 0.05) is 25.2 Å². The Labute approximate surface area is 56.0 Å². The van der Waals surface area contributed by atoms with Gasteiger partial charge in [-0.1, -0.05) is 0 Å². The second-order valence-corrected chi connectivity index (χ2v) is 2.56. The average Bonchev–Trinajstić information content (AvgIpc) is 2.34. The fraction of sp³-hybridized carbons (Fsp3) is 1.00. The Hall–Kier alpha value is -0.120. The minimum atomic E-state index is 0.544. The molecule has 0 radical (unpaired) electrons. The predicted molar refractivity (Wildman–Crippen MR) is 38.3 cm³/mol. The topological polar surface area (TPSA) is 50.1 Å². The van der Waals surface area contributed by atoms with Crippen LogP contribution >= 0.6 is 0 Å². The highest BCUT2D eigenvalue weighted by molar-refractivity contribution is 4.85. The van der Waals surface area contributed by atoms with Gasteiger partial charge in [-0.05, 0) is 13.5 Å². The Morgan fingerprint density at radius 2 is 2.56 bits per heavy atom. The monoisotopic (exact) mass is 129 g/mol. The summed E-state index contributed by atoms with van der Waals surface area (Å²) in [5.74, 6) is 0. The molecule has 0 spiro atoms. The third-order valence-electron chi connectivity index (χ3n) is 1.91. The lowest BCUT2D eigenvalue weighted by Crippen LogP contribution is -2.29. The first kappa shape index (κ1) is 6.99. The quantitative estimate of drug-likeness (QED) is 0.443. The van der Waals surface area contributed by atoms with Crippen molar-refractivity contribution >= 4 is 0 Å². The number of nitrogens with one attached hydrogen (secondary N) is 2. The summed E-state index contributed by atoms with van der Waals surface area (Å²) in [6, 6.07) is 1.18. The smallest absolute Gasteiger partial charge is 0.0206 e. The first-order chi connectivity index (χ1) is 4.36. The highest BCUT2D eigenvalue weighted by atomic mass is 15.0. The zero-order chi connectivity index (χ0) is 6.69. The van der Waals surface area contributed by atoms with Crippen LogP contribution in [0.15, 0.2) is 0 Å². The van der Waals surface area contributed by atoms with E-state index in [0.717, 1.165) is 13.1 Å². The molecule has 9 heavy (non-hydrogen) atoms. The lowest BCUT2D eigenvalue weighted by Gasteiger charge is -2.05. The van der Waals surface area contributed by atoms with Gasteiger partial charge < -0.3 is 16.4 Å². The second kappa shape index (κ2) is 3.15. The van der Waals surface area contributed by atoms with Crippen molar-refractivity contribution in [3.05, 3.63) is 0 Å². The van der Waals surface area contributed by atoms with Crippen molar-refractivity contribution in [1.29, 1.82) is 0 Å². The largest absolute Gasteiger partial charge is 0.329 e. The highest BCUT2D eigenvalue weighted by Crippen LogP contribution is 2.03. The van der Waals surface area contributed by atoms with E-state index in [1.807, 2.05) is 7.05 Å². The molecule has 0 bridgehead atoms. The molecular formula is C6H15N3. The van der Waals surface area contributed by atoms with Gasteiger partial charge >= 0.3 is 0 Å². The first-order valence-corrected chi connectivity index (χ1v) is 3.47. The van der Waals surface area contributed by atoms with Crippen LogP contribution in [0.25, 0.3) is 0 Å². The minimum Gasteiger partial charge on any atom is -0.329 e. The fourth-order valence-electron chi connectivity index (χ4n) is 1.22. The van der Waals surface area contributed by atoms with E-state index in [0.29, 0.717) is 12.1 Å². The molecule has 3 nitrogen and oxygen atoms in total. The van der Waals surface area contributed by atoms with E-state index in [9.17, 15) is 0 Å². The number of rotatable bonds is 2. The third-order valence-corrected chi connectivity index (χ3v) is 1.91. The maximum atomic E-state index is 5.46. The third kappa shape index (κ3) is 1.64. The van der Waals surface area contributed by atoms with Crippen molar-refractivity contribution in [3.63, 3.8) is 0 Å². The molecule has 1 aliphatic rings. The van der Waals surface area contributed by atoms with E-state index in [1.165, 1.54) is 6.42 Å². The van der Waals surface area contributed by atoms with E-state index in [1.54, 1.807) is 0 Å². The maximum Gasteiger partial charge on any atom is 0.0206 e. The van der Waals surface area contributed by atoms with Crippen molar-refractivity contribution in [2.75, 3.05) is 20.1 Å². The number of hydrogen-bond acceptors (Lipinski definition) is 3. The minimum absolute atomic E-state index is 0.544. The predicted octanol–water partition coefficient (Wildman–Crippen LogP) is -1.10. The molecule has 4 N–H and O–H groups in total. The Kier molecular flexibility index (Phi) is 2.45. The van der Waals surface area contributed by atoms with Crippen LogP contribution < -0.4 is 16.4 Å². The van der Waals surface area contributed by atoms with E-state index in [-0.39, 0.29) is 0 Å². The van der Waals surface area contributed by atoms with Crippen molar-refractivity contribution in [2.45, 2.75) is 18.5 Å². The molecule has 1 fully saturated rings.